The van der Waals surface area contributed by atoms with Crippen LogP contribution in [-0.4, -0.2) is 75.0 Å². The predicted octanol–water partition coefficient (Wildman–Crippen LogP) is 4.93. The van der Waals surface area contributed by atoms with Crippen LogP contribution in [0.2, 0.25) is 0 Å². The van der Waals surface area contributed by atoms with E-state index in [9.17, 15) is 29.0 Å². The van der Waals surface area contributed by atoms with Crippen molar-refractivity contribution in [3.63, 3.8) is 0 Å². The summed E-state index contributed by atoms with van der Waals surface area (Å²) in [5, 5.41) is 20.5. The number of hydrogen-bond acceptors (Lipinski definition) is 14. The van der Waals surface area contributed by atoms with Crippen molar-refractivity contribution in [2.75, 3.05) is 11.9 Å². The zero-order valence-corrected chi connectivity index (χ0v) is 32.6. The molecule has 2 N–H and O–H groups in total. The third-order valence-corrected chi connectivity index (χ3v) is 9.66. The van der Waals surface area contributed by atoms with Crippen molar-refractivity contribution in [1.82, 2.24) is 19.7 Å². The summed E-state index contributed by atoms with van der Waals surface area (Å²) in [6.45, 7) is 13.6. The van der Waals surface area contributed by atoms with E-state index in [1.165, 1.54) is 29.9 Å². The number of benzene rings is 1. The highest BCUT2D eigenvalue weighted by molar-refractivity contribution is 7.52. The molecule has 1 fully saturated rings. The van der Waals surface area contributed by atoms with E-state index in [1.807, 2.05) is 6.07 Å². The molecule has 0 spiro atoms. The monoisotopic (exact) mass is 770 g/mol. The molecule has 3 heterocycles. The fourth-order valence-electron chi connectivity index (χ4n) is 5.11. The summed E-state index contributed by atoms with van der Waals surface area (Å²) in [5.41, 5.74) is -1.74. The maximum Gasteiger partial charge on any atom is 0.459 e. The van der Waals surface area contributed by atoms with Gasteiger partial charge in [0, 0.05) is 5.92 Å². The number of hydrogen-bond donors (Lipinski definition) is 2. The molecule has 1 aliphatic rings. The Bertz CT molecular complexity index is 1910. The Balaban J connectivity index is 1.83. The average molecular weight is 771 g/mol. The molecule has 18 heteroatoms. The number of fused-ring (bicyclic) bond motifs is 1. The average Bonchev–Trinajstić information content (AvgIpc) is 3.67. The molecule has 2 aromatic heterocycles. The molecule has 292 valence electrons. The van der Waals surface area contributed by atoms with Gasteiger partial charge >= 0.3 is 25.7 Å². The van der Waals surface area contributed by atoms with Crippen LogP contribution in [-0.2, 0) is 47.2 Å². The van der Waals surface area contributed by atoms with E-state index in [4.69, 9.17) is 28.0 Å². The van der Waals surface area contributed by atoms with Gasteiger partial charge in [0.05, 0.1) is 23.6 Å². The Morgan fingerprint density at radius 1 is 0.926 bits per heavy atom. The van der Waals surface area contributed by atoms with Crippen molar-refractivity contribution < 1.29 is 51.7 Å². The number of amides is 1. The first-order valence-corrected chi connectivity index (χ1v) is 19.1. The minimum Gasteiger partial charge on any atom is -0.462 e. The Morgan fingerprint density at radius 2 is 1.57 bits per heavy atom. The van der Waals surface area contributed by atoms with Gasteiger partial charge in [-0.3, -0.25) is 23.7 Å². The van der Waals surface area contributed by atoms with Gasteiger partial charge in [-0.15, -0.1) is 0 Å². The number of esters is 3. The van der Waals surface area contributed by atoms with Crippen molar-refractivity contribution in [3.05, 3.63) is 54.5 Å². The third-order valence-electron chi connectivity index (χ3n) is 8.03. The van der Waals surface area contributed by atoms with Gasteiger partial charge in [0.2, 0.25) is 11.5 Å². The highest BCUT2D eigenvalue weighted by Gasteiger charge is 2.62. The quantitative estimate of drug-likeness (QED) is 0.112. The number of carbonyl (C=O) groups excluding carboxylic acids is 4. The summed E-state index contributed by atoms with van der Waals surface area (Å²) in [5.74, 6) is -3.96. The van der Waals surface area contributed by atoms with E-state index in [2.05, 4.69) is 20.5 Å². The number of aromatic nitrogens is 3. The summed E-state index contributed by atoms with van der Waals surface area (Å²) in [7, 11) is -4.59. The van der Waals surface area contributed by atoms with Crippen LogP contribution in [0.25, 0.3) is 5.52 Å². The molecule has 0 radical (unpaired) electrons. The van der Waals surface area contributed by atoms with E-state index in [-0.39, 0.29) is 29.1 Å². The topological polar surface area (TPSA) is 219 Å². The molecule has 6 atom stereocenters. The molecular weight excluding hydrogens is 723 g/mol. The van der Waals surface area contributed by atoms with Crippen molar-refractivity contribution in [2.45, 2.75) is 98.4 Å². The lowest BCUT2D eigenvalue weighted by atomic mass is 9.95. The van der Waals surface area contributed by atoms with Crippen LogP contribution >= 0.6 is 7.75 Å². The lowest BCUT2D eigenvalue weighted by molar-refractivity contribution is -0.173. The Labute approximate surface area is 313 Å². The highest BCUT2D eigenvalue weighted by Crippen LogP contribution is 2.50. The second-order valence-electron chi connectivity index (χ2n) is 13.9. The molecule has 4 rings (SSSR count). The molecule has 1 saturated heterocycles. The lowest BCUT2D eigenvalue weighted by Gasteiger charge is -2.31. The largest absolute Gasteiger partial charge is 0.462 e. The summed E-state index contributed by atoms with van der Waals surface area (Å²) >= 11 is 0. The fraction of sp³-hybridized carbons (Fsp3) is 0.528. The van der Waals surface area contributed by atoms with E-state index >= 15 is 0 Å². The van der Waals surface area contributed by atoms with Gasteiger partial charge < -0.3 is 28.8 Å². The SMILES string of the molecule is CC(C)OC(=O)[C@H](C)N[P@](=O)(OC[C@@]1(C#N)O[C@@H](c2ccc3c(NC(=O)C(C)C)ncnn23)[C@H](OC(=O)C(C)C)[C@@H]1OC(=O)C(C)C)Oc1ccccc1. The standard InChI is InChI=1S/C36H47N6O11P/c1-20(2)32(43)40-31-27-16-15-26(42(27)39-19-38-31)28-29(50-33(44)21(3)4)30(51-34(45)22(5)6)36(17-37,52-28)18-48-54(47,53-25-13-11-10-12-14-25)41-24(9)35(46)49-23(7)8/h10-16,19-24,28-30H,18H2,1-9H3,(H,41,47)(H,38,39,40,43)/t24-,28-,29-,30-,36+,54-/m0/s1. The van der Waals surface area contributed by atoms with E-state index < -0.39 is 80.2 Å². The van der Waals surface area contributed by atoms with Crippen molar-refractivity contribution in [1.29, 1.82) is 5.26 Å². The molecule has 0 aliphatic carbocycles. The van der Waals surface area contributed by atoms with Crippen LogP contribution in [0.4, 0.5) is 5.82 Å². The fourth-order valence-corrected chi connectivity index (χ4v) is 6.63. The first-order valence-electron chi connectivity index (χ1n) is 17.5. The van der Waals surface area contributed by atoms with Crippen LogP contribution < -0.4 is 14.9 Å². The summed E-state index contributed by atoms with van der Waals surface area (Å²) in [6, 6.07) is 11.9. The van der Waals surface area contributed by atoms with Gasteiger partial charge in [-0.05, 0) is 45.0 Å². The summed E-state index contributed by atoms with van der Waals surface area (Å²) in [6.07, 6.45) is -3.78. The number of anilines is 1. The molecular formula is C36H47N6O11P. The molecule has 0 unspecified atom stereocenters. The summed E-state index contributed by atoms with van der Waals surface area (Å²) < 4.78 is 51.1. The second kappa shape index (κ2) is 17.5. The van der Waals surface area contributed by atoms with Crippen LogP contribution in [0, 0.1) is 29.1 Å². The molecule has 0 saturated carbocycles. The van der Waals surface area contributed by atoms with Gasteiger partial charge in [-0.1, -0.05) is 59.7 Å². The smallest absolute Gasteiger partial charge is 0.459 e. The highest BCUT2D eigenvalue weighted by atomic mass is 31.2. The van der Waals surface area contributed by atoms with Gasteiger partial charge in [0.25, 0.3) is 0 Å². The zero-order valence-electron chi connectivity index (χ0n) is 31.7. The van der Waals surface area contributed by atoms with Gasteiger partial charge in [0.15, 0.2) is 18.0 Å². The predicted molar refractivity (Wildman–Crippen MR) is 193 cm³/mol. The molecule has 17 nitrogen and oxygen atoms in total. The molecule has 54 heavy (non-hydrogen) atoms. The first-order chi connectivity index (χ1) is 25.4. The number of nitrogens with zero attached hydrogens (tertiary/aromatic N) is 4. The van der Waals surface area contributed by atoms with Crippen LogP contribution in [0.1, 0.15) is 74.1 Å². The third kappa shape index (κ3) is 9.80. The van der Waals surface area contributed by atoms with Crippen LogP contribution in [0.5, 0.6) is 5.75 Å². The maximum absolute atomic E-state index is 14.5. The number of nitrogens with one attached hydrogen (secondary N) is 2. The van der Waals surface area contributed by atoms with E-state index in [1.54, 1.807) is 85.7 Å². The number of carbonyl (C=O) groups is 4. The number of ether oxygens (including phenoxy) is 4. The Kier molecular flexibility index (Phi) is 13.6. The normalized spacial score (nSPS) is 21.4. The summed E-state index contributed by atoms with van der Waals surface area (Å²) in [4.78, 5) is 56.0. The lowest BCUT2D eigenvalue weighted by Crippen LogP contribution is -2.50. The van der Waals surface area contributed by atoms with Gasteiger partial charge in [-0.25, -0.2) is 14.1 Å². The van der Waals surface area contributed by atoms with Crippen molar-refractivity contribution in [2.24, 2.45) is 17.8 Å². The maximum atomic E-state index is 14.5. The minimum absolute atomic E-state index is 0.0974. The van der Waals surface area contributed by atoms with E-state index in [0.29, 0.717) is 5.52 Å². The van der Waals surface area contributed by atoms with Crippen LogP contribution in [0.15, 0.2) is 48.8 Å². The molecule has 0 bridgehead atoms. The van der Waals surface area contributed by atoms with Gasteiger partial charge in [0.1, 0.15) is 42.4 Å². The minimum atomic E-state index is -4.59. The number of para-hydroxylation sites is 1. The molecule has 3 aromatic rings. The molecule has 1 amide bonds. The van der Waals surface area contributed by atoms with E-state index in [0.717, 1.165) is 0 Å². The molecule has 1 aliphatic heterocycles. The number of nitriles is 1. The zero-order chi connectivity index (χ0) is 40.0. The van der Waals surface area contributed by atoms with Crippen molar-refractivity contribution in [3.8, 4) is 11.8 Å². The Hall–Kier alpha value is -4.88. The van der Waals surface area contributed by atoms with Crippen LogP contribution in [0.3, 0.4) is 0 Å². The van der Waals surface area contributed by atoms with Crippen molar-refractivity contribution >= 4 is 42.9 Å². The first kappa shape index (κ1) is 41.9. The molecule has 1 aromatic carbocycles. The second-order valence-corrected chi connectivity index (χ2v) is 15.6. The van der Waals surface area contributed by atoms with Gasteiger partial charge in [-0.2, -0.15) is 15.4 Å². The Morgan fingerprint density at radius 3 is 2.17 bits per heavy atom. The number of rotatable bonds is 16.